The Morgan fingerprint density at radius 1 is 1.06 bits per heavy atom. The van der Waals surface area contributed by atoms with Gasteiger partial charge in [-0.2, -0.15) is 22.0 Å². The Labute approximate surface area is 220 Å². The predicted octanol–water partition coefficient (Wildman–Crippen LogP) is 4.40. The van der Waals surface area contributed by atoms with Gasteiger partial charge in [-0.25, -0.2) is 8.42 Å². The van der Waals surface area contributed by atoms with E-state index in [2.05, 4.69) is 55.2 Å². The number of carbonyl (C=O) groups is 2. The third-order valence-corrected chi connectivity index (χ3v) is 8.31. The van der Waals surface area contributed by atoms with Gasteiger partial charge in [-0.05, 0) is 92.7 Å². The number of halogens is 8. The topological polar surface area (TPSA) is 113 Å². The van der Waals surface area contributed by atoms with Crippen molar-refractivity contribution in [3.05, 3.63) is 28.4 Å². The summed E-state index contributed by atoms with van der Waals surface area (Å²) < 4.78 is 102. The highest BCUT2D eigenvalue weighted by atomic mass is 127. The second-order valence-corrected chi connectivity index (χ2v) is 11.2. The zero-order chi connectivity index (χ0) is 24.9. The van der Waals surface area contributed by atoms with Crippen LogP contribution >= 0.6 is 67.8 Å². The molecule has 1 rings (SSSR count). The second kappa shape index (κ2) is 12.0. The Morgan fingerprint density at radius 3 is 2.19 bits per heavy atom. The van der Waals surface area contributed by atoms with Crippen molar-refractivity contribution in [2.75, 3.05) is 6.54 Å². The number of rotatable bonds is 10. The van der Waals surface area contributed by atoms with Crippen LogP contribution in [0.5, 0.6) is 0 Å². The molecular weight excluding hydrogens is 810 g/mol. The average molecular weight is 824 g/mol. The Hall–Kier alpha value is -0.0900. The van der Waals surface area contributed by atoms with Crippen LogP contribution in [0.1, 0.15) is 36.0 Å². The third kappa shape index (κ3) is 8.60. The predicted molar refractivity (Wildman–Crippen MR) is 126 cm³/mol. The first-order chi connectivity index (χ1) is 14.5. The number of hydrogen-bond acceptors (Lipinski definition) is 6. The molecule has 0 aliphatic rings. The molecule has 0 aromatic heterocycles. The van der Waals surface area contributed by atoms with Crippen LogP contribution in [0.2, 0.25) is 0 Å². The summed E-state index contributed by atoms with van der Waals surface area (Å²) in [6.45, 7) is 0.184. The minimum absolute atomic E-state index is 0.0757. The van der Waals surface area contributed by atoms with Crippen LogP contribution in [0, 0.1) is 10.7 Å². The minimum Gasteiger partial charge on any atom is -0.743 e. The molecule has 0 saturated heterocycles. The molecular formula is C16H14F5I3NO6S-. The van der Waals surface area contributed by atoms with Crippen LogP contribution in [0.3, 0.4) is 0 Å². The molecule has 7 nitrogen and oxygen atoms in total. The molecule has 0 spiro atoms. The maximum absolute atomic E-state index is 13.3. The van der Waals surface area contributed by atoms with E-state index in [1.54, 1.807) is 6.07 Å². The number of esters is 1. The molecule has 0 bridgehead atoms. The summed E-state index contributed by atoms with van der Waals surface area (Å²) in [4.78, 5) is 23.7. The smallest absolute Gasteiger partial charge is 0.432 e. The van der Waals surface area contributed by atoms with Crippen LogP contribution in [-0.4, -0.2) is 48.9 Å². The summed E-state index contributed by atoms with van der Waals surface area (Å²) in [6, 6.07) is 3.59. The molecule has 1 N–H and O–H groups in total. The molecule has 1 amide bonds. The van der Waals surface area contributed by atoms with Crippen molar-refractivity contribution in [3.8, 4) is 0 Å². The van der Waals surface area contributed by atoms with Gasteiger partial charge in [-0.15, -0.1) is 0 Å². The van der Waals surface area contributed by atoms with Gasteiger partial charge in [0.15, 0.2) is 10.1 Å². The zero-order valence-electron chi connectivity index (χ0n) is 15.6. The first kappa shape index (κ1) is 29.9. The van der Waals surface area contributed by atoms with Gasteiger partial charge in [-0.3, -0.25) is 9.59 Å². The first-order valence-electron chi connectivity index (χ1n) is 8.50. The maximum atomic E-state index is 13.3. The van der Waals surface area contributed by atoms with E-state index in [-0.39, 0.29) is 25.3 Å². The highest BCUT2D eigenvalue weighted by Crippen LogP contribution is 2.38. The Kier molecular flexibility index (Phi) is 11.3. The Balaban J connectivity index is 2.51. The van der Waals surface area contributed by atoms with Crippen LogP contribution in [0.15, 0.2) is 12.1 Å². The lowest BCUT2D eigenvalue weighted by Crippen LogP contribution is -2.52. The van der Waals surface area contributed by atoms with E-state index in [0.29, 0.717) is 12.0 Å². The second-order valence-electron chi connectivity index (χ2n) is 6.24. The van der Waals surface area contributed by atoms with Crippen molar-refractivity contribution in [3.63, 3.8) is 0 Å². The fraction of sp³-hybridized carbons (Fsp3) is 0.500. The number of unbranched alkanes of at least 4 members (excludes halogenated alkanes) is 2. The summed E-state index contributed by atoms with van der Waals surface area (Å²) in [5, 5.41) is -3.21. The van der Waals surface area contributed by atoms with Crippen molar-refractivity contribution in [2.45, 2.75) is 43.2 Å². The van der Waals surface area contributed by atoms with Gasteiger partial charge in [0.2, 0.25) is 0 Å². The number of nitrogens with one attached hydrogen (secondary N) is 1. The number of alkyl halides is 5. The molecule has 0 radical (unpaired) electrons. The third-order valence-electron chi connectivity index (χ3n) is 3.77. The lowest BCUT2D eigenvalue weighted by atomic mass is 10.2. The molecule has 1 aromatic rings. The van der Waals surface area contributed by atoms with E-state index in [1.807, 2.05) is 28.7 Å². The largest absolute Gasteiger partial charge is 0.743 e. The van der Waals surface area contributed by atoms with Crippen LogP contribution in [0.4, 0.5) is 22.0 Å². The summed E-state index contributed by atoms with van der Waals surface area (Å²) in [6.07, 6.45) is -10.6. The van der Waals surface area contributed by atoms with Crippen LogP contribution in [-0.2, 0) is 19.6 Å². The van der Waals surface area contributed by atoms with Crippen molar-refractivity contribution in [1.29, 1.82) is 0 Å². The lowest BCUT2D eigenvalue weighted by molar-refractivity contribution is -0.259. The van der Waals surface area contributed by atoms with Crippen molar-refractivity contribution in [2.24, 2.45) is 0 Å². The van der Waals surface area contributed by atoms with E-state index in [0.717, 1.165) is 10.7 Å². The summed E-state index contributed by atoms with van der Waals surface area (Å²) in [5.74, 6) is -2.07. The molecule has 182 valence electrons. The molecule has 0 saturated carbocycles. The molecule has 0 aliphatic carbocycles. The minimum atomic E-state index is -6.72. The molecule has 1 atom stereocenters. The van der Waals surface area contributed by atoms with Gasteiger partial charge in [0.1, 0.15) is 0 Å². The highest BCUT2D eigenvalue weighted by Gasteiger charge is 2.62. The summed E-state index contributed by atoms with van der Waals surface area (Å²) in [7, 11) is -6.72. The summed E-state index contributed by atoms with van der Waals surface area (Å²) >= 11 is 6.18. The van der Waals surface area contributed by atoms with Crippen molar-refractivity contribution >= 4 is 89.8 Å². The molecule has 0 aliphatic heterocycles. The van der Waals surface area contributed by atoms with E-state index in [4.69, 9.17) is 0 Å². The SMILES string of the molecule is O=C(CCCCCNC(=O)c1cc(I)cc(I)c1I)OC(C(F)(F)F)C(F)(F)S(=O)(=O)[O-]. The normalized spacial score (nSPS) is 13.5. The Bertz CT molecular complexity index is 958. The van der Waals surface area contributed by atoms with E-state index in [1.165, 1.54) is 0 Å². The average Bonchev–Trinajstić information content (AvgIpc) is 2.63. The molecule has 1 unspecified atom stereocenters. The molecule has 0 heterocycles. The van der Waals surface area contributed by atoms with E-state index >= 15 is 0 Å². The molecule has 1 aromatic carbocycles. The van der Waals surface area contributed by atoms with Gasteiger partial charge < -0.3 is 14.6 Å². The van der Waals surface area contributed by atoms with E-state index in [9.17, 15) is 44.5 Å². The molecule has 16 heteroatoms. The monoisotopic (exact) mass is 824 g/mol. The number of hydrogen-bond donors (Lipinski definition) is 1. The molecule has 32 heavy (non-hydrogen) atoms. The standard InChI is InChI=1S/C16H15F5I3NO6S/c17-15(18,19)14(16(20,21)32(28,29)30)31-11(26)4-2-1-3-5-25-13(27)9-6-8(22)7-10(23)12(9)24/h6-7,14H,1-5H2,(H,25,27)(H,28,29,30)/p-1. The quantitative estimate of drug-likeness (QED) is 0.0936. The van der Waals surface area contributed by atoms with Gasteiger partial charge in [-0.1, -0.05) is 6.42 Å². The number of carbonyl (C=O) groups excluding carboxylic acids is 2. The lowest BCUT2D eigenvalue weighted by Gasteiger charge is -2.29. The molecule has 0 fully saturated rings. The van der Waals surface area contributed by atoms with Gasteiger partial charge in [0.25, 0.3) is 12.0 Å². The Morgan fingerprint density at radius 2 is 1.66 bits per heavy atom. The fourth-order valence-corrected chi connectivity index (χ4v) is 5.08. The van der Waals surface area contributed by atoms with Crippen molar-refractivity contribution < 1.29 is 49.2 Å². The zero-order valence-corrected chi connectivity index (χ0v) is 22.9. The first-order valence-corrected chi connectivity index (χ1v) is 13.1. The number of amides is 1. The van der Waals surface area contributed by atoms with E-state index < -0.39 is 40.0 Å². The highest BCUT2D eigenvalue weighted by molar-refractivity contribution is 14.1. The number of ether oxygens (including phenoxy) is 1. The fourth-order valence-electron chi connectivity index (χ4n) is 2.24. The number of benzene rings is 1. The van der Waals surface area contributed by atoms with Crippen LogP contribution < -0.4 is 5.32 Å². The van der Waals surface area contributed by atoms with Crippen molar-refractivity contribution in [1.82, 2.24) is 5.32 Å². The van der Waals surface area contributed by atoms with Crippen LogP contribution in [0.25, 0.3) is 0 Å². The summed E-state index contributed by atoms with van der Waals surface area (Å²) in [5.41, 5.74) is 0.470. The van der Waals surface area contributed by atoms with Gasteiger partial charge in [0.05, 0.1) is 5.56 Å². The maximum Gasteiger partial charge on any atom is 0.432 e. The van der Waals surface area contributed by atoms with Gasteiger partial charge >= 0.3 is 17.4 Å². The van der Waals surface area contributed by atoms with Gasteiger partial charge in [0, 0.05) is 23.7 Å².